The summed E-state index contributed by atoms with van der Waals surface area (Å²) in [4.78, 5) is 22.7. The largest absolute Gasteiger partial charge is 0.402 e. The first-order valence-electron chi connectivity index (χ1n) is 5.72. The van der Waals surface area contributed by atoms with E-state index in [0.29, 0.717) is 21.8 Å². The Bertz CT molecular complexity index is 538. The Labute approximate surface area is 116 Å². The van der Waals surface area contributed by atoms with Gasteiger partial charge in [0.1, 0.15) is 0 Å². The summed E-state index contributed by atoms with van der Waals surface area (Å²) in [5.41, 5.74) is 8.55. The molecule has 3 N–H and O–H groups in total. The number of allylic oxidation sites excluding steroid dienone is 2. The molecule has 1 aromatic rings. The van der Waals surface area contributed by atoms with Crippen molar-refractivity contribution in [2.75, 3.05) is 0 Å². The monoisotopic (exact) mass is 276 g/mol. The third kappa shape index (κ3) is 3.79. The maximum absolute atomic E-state index is 11.5. The zero-order valence-electron chi connectivity index (χ0n) is 10.8. The van der Waals surface area contributed by atoms with Crippen molar-refractivity contribution in [3.05, 3.63) is 41.1 Å². The van der Waals surface area contributed by atoms with Gasteiger partial charge in [-0.15, -0.1) is 0 Å². The van der Waals surface area contributed by atoms with E-state index < -0.39 is 0 Å². The molecule has 1 atom stereocenters. The van der Waals surface area contributed by atoms with Crippen LogP contribution in [0.2, 0.25) is 0 Å². The summed E-state index contributed by atoms with van der Waals surface area (Å²) < 4.78 is 0. The number of ketones is 1. The van der Waals surface area contributed by atoms with Crippen LogP contribution in [0.15, 0.2) is 34.9 Å². The molecule has 19 heavy (non-hydrogen) atoms. The molecule has 0 saturated carbocycles. The molecule has 1 aromatic carbocycles. The Morgan fingerprint density at radius 2 is 2.16 bits per heavy atom. The molecule has 0 aliphatic rings. The molecule has 1 rings (SSSR count). The fraction of sp³-hybridized carbons (Fsp3) is 0.214. The van der Waals surface area contributed by atoms with E-state index in [1.54, 1.807) is 12.1 Å². The van der Waals surface area contributed by atoms with Gasteiger partial charge in [-0.1, -0.05) is 24.8 Å². The van der Waals surface area contributed by atoms with E-state index in [-0.39, 0.29) is 11.7 Å². The van der Waals surface area contributed by atoms with Gasteiger partial charge in [0, 0.05) is 28.3 Å². The van der Waals surface area contributed by atoms with Gasteiger partial charge >= 0.3 is 0 Å². The van der Waals surface area contributed by atoms with Crippen molar-refractivity contribution < 1.29 is 9.59 Å². The first-order valence-corrected chi connectivity index (χ1v) is 6.60. The number of thioether (sulfide) groups is 1. The summed E-state index contributed by atoms with van der Waals surface area (Å²) in [5, 5.41) is 7.01. The van der Waals surface area contributed by atoms with Crippen LogP contribution in [0.25, 0.3) is 0 Å². The van der Waals surface area contributed by atoms with Crippen LogP contribution in [-0.2, 0) is 4.79 Å². The van der Waals surface area contributed by atoms with E-state index in [9.17, 15) is 9.59 Å². The standard InChI is InChI=1S/C14H16N2O2S/c1-9(13(16)5-6-15)11-3-4-12(10(2)18)14(7-11)19-8-17/h3-9,15H,16H2,1-2H3/b13-5-,15-6?. The molecule has 4 nitrogen and oxygen atoms in total. The Hall–Kier alpha value is -1.88. The van der Waals surface area contributed by atoms with Crippen molar-refractivity contribution in [3.63, 3.8) is 0 Å². The first kappa shape index (κ1) is 15.2. The van der Waals surface area contributed by atoms with Crippen molar-refractivity contribution in [1.29, 1.82) is 5.41 Å². The fourth-order valence-electron chi connectivity index (χ4n) is 1.68. The van der Waals surface area contributed by atoms with Gasteiger partial charge in [0.05, 0.1) is 0 Å². The highest BCUT2D eigenvalue weighted by molar-refractivity contribution is 8.12. The van der Waals surface area contributed by atoms with Crippen molar-refractivity contribution in [2.45, 2.75) is 24.7 Å². The van der Waals surface area contributed by atoms with E-state index in [2.05, 4.69) is 0 Å². The molecule has 0 spiro atoms. The Balaban J connectivity index is 3.21. The van der Waals surface area contributed by atoms with Crippen molar-refractivity contribution in [2.24, 2.45) is 5.73 Å². The number of benzene rings is 1. The predicted molar refractivity (Wildman–Crippen MR) is 78.5 cm³/mol. The van der Waals surface area contributed by atoms with Crippen LogP contribution in [0.4, 0.5) is 0 Å². The number of hydrogen-bond acceptors (Lipinski definition) is 5. The van der Waals surface area contributed by atoms with Crippen LogP contribution in [0, 0.1) is 5.41 Å². The average molecular weight is 276 g/mol. The van der Waals surface area contributed by atoms with Gasteiger partial charge in [-0.05, 0) is 30.7 Å². The summed E-state index contributed by atoms with van der Waals surface area (Å²) in [5.74, 6) is -0.153. The van der Waals surface area contributed by atoms with Crippen molar-refractivity contribution in [3.8, 4) is 0 Å². The Morgan fingerprint density at radius 1 is 1.47 bits per heavy atom. The SMILES string of the molecule is CC(=O)c1ccc(C(C)/C(N)=C/C=N)cc1SC=O. The third-order valence-corrected chi connectivity index (χ3v) is 3.52. The maximum Gasteiger partial charge on any atom is 0.180 e. The zero-order valence-corrected chi connectivity index (χ0v) is 11.7. The minimum absolute atomic E-state index is 0.0754. The highest BCUT2D eigenvalue weighted by Crippen LogP contribution is 2.28. The number of Topliss-reactive ketones (excluding diaryl/α,β-unsaturated/α-hetero) is 1. The molecule has 100 valence electrons. The van der Waals surface area contributed by atoms with Gasteiger partial charge in [0.15, 0.2) is 11.4 Å². The van der Waals surface area contributed by atoms with Crippen LogP contribution in [0.3, 0.4) is 0 Å². The summed E-state index contributed by atoms with van der Waals surface area (Å²) in [7, 11) is 0. The molecule has 0 aliphatic heterocycles. The summed E-state index contributed by atoms with van der Waals surface area (Å²) in [6, 6.07) is 5.32. The van der Waals surface area contributed by atoms with Gasteiger partial charge in [-0.25, -0.2) is 0 Å². The lowest BCUT2D eigenvalue weighted by molar-refractivity contribution is 0.101. The van der Waals surface area contributed by atoms with E-state index in [1.165, 1.54) is 13.0 Å². The van der Waals surface area contributed by atoms with Gasteiger partial charge in [-0.2, -0.15) is 0 Å². The molecule has 0 radical (unpaired) electrons. The van der Waals surface area contributed by atoms with E-state index in [4.69, 9.17) is 11.1 Å². The zero-order chi connectivity index (χ0) is 14.4. The van der Waals surface area contributed by atoms with Crippen molar-refractivity contribution >= 4 is 29.4 Å². The fourth-order valence-corrected chi connectivity index (χ4v) is 2.33. The smallest absolute Gasteiger partial charge is 0.180 e. The van der Waals surface area contributed by atoms with Gasteiger partial charge < -0.3 is 11.1 Å². The number of rotatable bonds is 6. The van der Waals surface area contributed by atoms with Crippen LogP contribution >= 0.6 is 11.8 Å². The van der Waals surface area contributed by atoms with Crippen LogP contribution in [-0.4, -0.2) is 17.6 Å². The second-order valence-electron chi connectivity index (χ2n) is 4.08. The number of nitrogens with one attached hydrogen (secondary N) is 1. The molecule has 0 saturated heterocycles. The molecular weight excluding hydrogens is 260 g/mol. The molecule has 0 aliphatic carbocycles. The van der Waals surface area contributed by atoms with Gasteiger partial charge in [0.2, 0.25) is 0 Å². The molecule has 5 heteroatoms. The molecule has 0 bridgehead atoms. The third-order valence-electron chi connectivity index (χ3n) is 2.84. The molecular formula is C14H16N2O2S. The predicted octanol–water partition coefficient (Wildman–Crippen LogP) is 2.77. The van der Waals surface area contributed by atoms with E-state index in [1.807, 2.05) is 13.0 Å². The Morgan fingerprint density at radius 3 is 2.68 bits per heavy atom. The average Bonchev–Trinajstić information content (AvgIpc) is 2.38. The van der Waals surface area contributed by atoms with E-state index in [0.717, 1.165) is 23.5 Å². The number of carbonyl (C=O) groups excluding carboxylic acids is 2. The van der Waals surface area contributed by atoms with Crippen LogP contribution < -0.4 is 5.73 Å². The summed E-state index contributed by atoms with van der Waals surface area (Å²) in [6.07, 6.45) is 2.66. The molecule has 0 amide bonds. The number of nitrogens with two attached hydrogens (primary N) is 1. The van der Waals surface area contributed by atoms with E-state index >= 15 is 0 Å². The highest BCUT2D eigenvalue weighted by Gasteiger charge is 2.13. The molecule has 0 aromatic heterocycles. The minimum Gasteiger partial charge on any atom is -0.402 e. The summed E-state index contributed by atoms with van der Waals surface area (Å²) >= 11 is 0.980. The lowest BCUT2D eigenvalue weighted by Gasteiger charge is -2.14. The Kier molecular flexibility index (Phi) is 5.51. The minimum atomic E-state index is -0.0773. The normalized spacial score (nSPS) is 12.8. The molecule has 1 unspecified atom stereocenters. The quantitative estimate of drug-likeness (QED) is 0.362. The van der Waals surface area contributed by atoms with Gasteiger partial charge in [-0.3, -0.25) is 9.59 Å². The summed E-state index contributed by atoms with van der Waals surface area (Å²) in [6.45, 7) is 3.38. The molecule has 0 fully saturated rings. The lowest BCUT2D eigenvalue weighted by Crippen LogP contribution is -2.08. The molecule has 0 heterocycles. The second-order valence-corrected chi connectivity index (χ2v) is 4.95. The van der Waals surface area contributed by atoms with Gasteiger partial charge in [0.25, 0.3) is 0 Å². The number of carbonyl (C=O) groups is 2. The first-order chi connectivity index (χ1) is 9.01. The van der Waals surface area contributed by atoms with Crippen molar-refractivity contribution in [1.82, 2.24) is 0 Å². The number of hydrogen-bond donors (Lipinski definition) is 2. The maximum atomic E-state index is 11.5. The van der Waals surface area contributed by atoms with Crippen LogP contribution in [0.1, 0.15) is 35.7 Å². The second kappa shape index (κ2) is 6.89. The highest BCUT2D eigenvalue weighted by atomic mass is 32.2. The van der Waals surface area contributed by atoms with Crippen LogP contribution in [0.5, 0.6) is 0 Å². The lowest BCUT2D eigenvalue weighted by atomic mass is 9.96. The topological polar surface area (TPSA) is 84.0 Å².